The molecule has 18 heavy (non-hydrogen) atoms. The molecule has 2 fully saturated rings. The molecule has 1 amide bonds. The van der Waals surface area contributed by atoms with Gasteiger partial charge in [0.05, 0.1) is 12.2 Å². The van der Waals surface area contributed by atoms with Crippen LogP contribution in [-0.2, 0) is 9.53 Å². The Kier molecular flexibility index (Phi) is 4.00. The Balaban J connectivity index is 1.77. The molecule has 3 nitrogen and oxygen atoms in total. The van der Waals surface area contributed by atoms with Gasteiger partial charge in [0.1, 0.15) is 0 Å². The van der Waals surface area contributed by atoms with Crippen LogP contribution in [0.5, 0.6) is 0 Å². The standard InChI is InChI=1S/C15H27NO2/c1-11(2)14(17)16-7-5-15(6-8-16)9-13(10-15)18-12(3)4/h11-13H,5-10H2,1-4H3. The van der Waals surface area contributed by atoms with E-state index < -0.39 is 0 Å². The van der Waals surface area contributed by atoms with E-state index in [2.05, 4.69) is 13.8 Å². The van der Waals surface area contributed by atoms with Crippen molar-refractivity contribution in [1.29, 1.82) is 0 Å². The molecule has 1 saturated carbocycles. The summed E-state index contributed by atoms with van der Waals surface area (Å²) < 4.78 is 5.85. The zero-order valence-electron chi connectivity index (χ0n) is 12.2. The highest BCUT2D eigenvalue weighted by Gasteiger charge is 2.47. The number of nitrogens with zero attached hydrogens (tertiary/aromatic N) is 1. The Labute approximate surface area is 111 Å². The molecule has 1 spiro atoms. The fourth-order valence-corrected chi connectivity index (χ4v) is 3.36. The van der Waals surface area contributed by atoms with Gasteiger partial charge in [-0.3, -0.25) is 4.79 Å². The quantitative estimate of drug-likeness (QED) is 0.774. The first-order valence-corrected chi connectivity index (χ1v) is 7.36. The molecule has 104 valence electrons. The van der Waals surface area contributed by atoms with Crippen molar-refractivity contribution in [2.24, 2.45) is 11.3 Å². The third-order valence-corrected chi connectivity index (χ3v) is 4.42. The number of piperidine rings is 1. The van der Waals surface area contributed by atoms with Crippen LogP contribution >= 0.6 is 0 Å². The highest BCUT2D eigenvalue weighted by molar-refractivity contribution is 5.78. The number of hydrogen-bond donors (Lipinski definition) is 0. The van der Waals surface area contributed by atoms with Gasteiger partial charge in [-0.25, -0.2) is 0 Å². The highest BCUT2D eigenvalue weighted by atomic mass is 16.5. The van der Waals surface area contributed by atoms with Crippen molar-refractivity contribution in [3.8, 4) is 0 Å². The van der Waals surface area contributed by atoms with Crippen LogP contribution in [0.25, 0.3) is 0 Å². The fourth-order valence-electron chi connectivity index (χ4n) is 3.36. The molecule has 0 aromatic carbocycles. The molecule has 2 rings (SSSR count). The first-order chi connectivity index (χ1) is 8.42. The van der Waals surface area contributed by atoms with Gasteiger partial charge >= 0.3 is 0 Å². The highest BCUT2D eigenvalue weighted by Crippen LogP contribution is 2.50. The largest absolute Gasteiger partial charge is 0.376 e. The predicted octanol–water partition coefficient (Wildman–Crippen LogP) is 2.84. The lowest BCUT2D eigenvalue weighted by molar-refractivity contribution is -0.145. The normalized spacial score (nSPS) is 23.8. The maximum absolute atomic E-state index is 11.9. The Hall–Kier alpha value is -0.570. The van der Waals surface area contributed by atoms with Crippen molar-refractivity contribution in [2.45, 2.75) is 65.6 Å². The summed E-state index contributed by atoms with van der Waals surface area (Å²) in [6.07, 6.45) is 5.56. The zero-order valence-corrected chi connectivity index (χ0v) is 12.2. The topological polar surface area (TPSA) is 29.5 Å². The average Bonchev–Trinajstić information content (AvgIpc) is 2.26. The molecule has 2 aliphatic rings. The molecular weight excluding hydrogens is 226 g/mol. The molecule has 0 radical (unpaired) electrons. The summed E-state index contributed by atoms with van der Waals surface area (Å²) in [5.74, 6) is 0.455. The first-order valence-electron chi connectivity index (χ1n) is 7.36. The summed E-state index contributed by atoms with van der Waals surface area (Å²) in [6, 6.07) is 0. The van der Waals surface area contributed by atoms with E-state index in [1.165, 1.54) is 25.7 Å². The van der Waals surface area contributed by atoms with Crippen LogP contribution in [0.15, 0.2) is 0 Å². The number of hydrogen-bond acceptors (Lipinski definition) is 2. The van der Waals surface area contributed by atoms with Crippen molar-refractivity contribution in [3.05, 3.63) is 0 Å². The van der Waals surface area contributed by atoms with E-state index in [0.29, 0.717) is 23.5 Å². The lowest BCUT2D eigenvalue weighted by Gasteiger charge is -2.52. The van der Waals surface area contributed by atoms with Crippen LogP contribution in [0.2, 0.25) is 0 Å². The number of carbonyl (C=O) groups is 1. The summed E-state index contributed by atoms with van der Waals surface area (Å²) in [7, 11) is 0. The molecule has 0 N–H and O–H groups in total. The number of ether oxygens (including phenoxy) is 1. The summed E-state index contributed by atoms with van der Waals surface area (Å²) in [6.45, 7) is 10.1. The van der Waals surface area contributed by atoms with Crippen LogP contribution in [0.3, 0.4) is 0 Å². The van der Waals surface area contributed by atoms with Crippen LogP contribution in [0.4, 0.5) is 0 Å². The van der Waals surface area contributed by atoms with Gasteiger partial charge in [0.2, 0.25) is 5.91 Å². The van der Waals surface area contributed by atoms with Gasteiger partial charge in [-0.15, -0.1) is 0 Å². The molecule has 3 heteroatoms. The number of amides is 1. The van der Waals surface area contributed by atoms with Crippen LogP contribution in [0, 0.1) is 11.3 Å². The van der Waals surface area contributed by atoms with Gasteiger partial charge in [-0.2, -0.15) is 0 Å². The van der Waals surface area contributed by atoms with E-state index in [1.807, 2.05) is 18.7 Å². The van der Waals surface area contributed by atoms with Gasteiger partial charge in [0.25, 0.3) is 0 Å². The van der Waals surface area contributed by atoms with Crippen LogP contribution in [0.1, 0.15) is 53.4 Å². The lowest BCUT2D eigenvalue weighted by Crippen LogP contribution is -2.52. The van der Waals surface area contributed by atoms with Gasteiger partial charge in [-0.05, 0) is 44.9 Å². The second-order valence-corrected chi connectivity index (χ2v) is 6.70. The van der Waals surface area contributed by atoms with Crippen molar-refractivity contribution in [2.75, 3.05) is 13.1 Å². The van der Waals surface area contributed by atoms with Gasteiger partial charge in [-0.1, -0.05) is 13.8 Å². The van der Waals surface area contributed by atoms with Gasteiger partial charge in [0.15, 0.2) is 0 Å². The van der Waals surface area contributed by atoms with E-state index in [4.69, 9.17) is 4.74 Å². The summed E-state index contributed by atoms with van der Waals surface area (Å²) in [5, 5.41) is 0. The Morgan fingerprint density at radius 2 is 1.72 bits per heavy atom. The minimum Gasteiger partial charge on any atom is -0.376 e. The fraction of sp³-hybridized carbons (Fsp3) is 0.933. The molecule has 0 atom stereocenters. The van der Waals surface area contributed by atoms with E-state index in [9.17, 15) is 4.79 Å². The second-order valence-electron chi connectivity index (χ2n) is 6.70. The van der Waals surface area contributed by atoms with Crippen molar-refractivity contribution in [1.82, 2.24) is 4.90 Å². The third kappa shape index (κ3) is 2.87. The Bertz CT molecular complexity index is 296. The molecular formula is C15H27NO2. The van der Waals surface area contributed by atoms with Crippen LogP contribution in [-0.4, -0.2) is 36.1 Å². The number of rotatable bonds is 3. The molecule has 1 aliphatic heterocycles. The molecule has 0 bridgehead atoms. The summed E-state index contributed by atoms with van der Waals surface area (Å²) >= 11 is 0. The van der Waals surface area contributed by atoms with Crippen molar-refractivity contribution < 1.29 is 9.53 Å². The summed E-state index contributed by atoms with van der Waals surface area (Å²) in [4.78, 5) is 14.0. The second kappa shape index (κ2) is 5.20. The zero-order chi connectivity index (χ0) is 13.3. The van der Waals surface area contributed by atoms with E-state index >= 15 is 0 Å². The van der Waals surface area contributed by atoms with E-state index in [-0.39, 0.29) is 5.92 Å². The molecule has 1 heterocycles. The van der Waals surface area contributed by atoms with E-state index in [1.54, 1.807) is 0 Å². The van der Waals surface area contributed by atoms with Crippen molar-refractivity contribution >= 4 is 5.91 Å². The first kappa shape index (κ1) is 13.9. The molecule has 1 aliphatic carbocycles. The Morgan fingerprint density at radius 1 is 1.17 bits per heavy atom. The third-order valence-electron chi connectivity index (χ3n) is 4.42. The average molecular weight is 253 g/mol. The Morgan fingerprint density at radius 3 is 2.17 bits per heavy atom. The smallest absolute Gasteiger partial charge is 0.225 e. The minimum atomic E-state index is 0.137. The monoisotopic (exact) mass is 253 g/mol. The number of likely N-dealkylation sites (tertiary alicyclic amines) is 1. The summed E-state index contributed by atoms with van der Waals surface area (Å²) in [5.41, 5.74) is 0.493. The van der Waals surface area contributed by atoms with Crippen LogP contribution < -0.4 is 0 Å². The molecule has 1 saturated heterocycles. The maximum atomic E-state index is 11.9. The predicted molar refractivity (Wildman–Crippen MR) is 72.3 cm³/mol. The molecule has 0 aromatic rings. The van der Waals surface area contributed by atoms with Gasteiger partial charge in [0, 0.05) is 19.0 Å². The molecule has 0 unspecified atom stereocenters. The minimum absolute atomic E-state index is 0.137. The van der Waals surface area contributed by atoms with Gasteiger partial charge < -0.3 is 9.64 Å². The lowest BCUT2D eigenvalue weighted by atomic mass is 9.61. The van der Waals surface area contributed by atoms with Crippen molar-refractivity contribution in [3.63, 3.8) is 0 Å². The number of carbonyl (C=O) groups excluding carboxylic acids is 1. The maximum Gasteiger partial charge on any atom is 0.225 e. The SMILES string of the molecule is CC(C)OC1CC2(CCN(C(=O)C(C)C)CC2)C1. The molecule has 0 aromatic heterocycles. The van der Waals surface area contributed by atoms with E-state index in [0.717, 1.165) is 13.1 Å².